The highest BCUT2D eigenvalue weighted by molar-refractivity contribution is 6.06. The molecular formula is C14H13FN2O. The van der Waals surface area contributed by atoms with Gasteiger partial charge in [0.05, 0.1) is 11.8 Å². The number of carbonyl (C=O) groups is 1. The highest BCUT2D eigenvalue weighted by Crippen LogP contribution is 2.07. The van der Waals surface area contributed by atoms with Crippen LogP contribution in [0.3, 0.4) is 0 Å². The number of benzene rings is 1. The molecule has 0 saturated heterocycles. The average molecular weight is 244 g/mol. The summed E-state index contributed by atoms with van der Waals surface area (Å²) in [7, 11) is 0. The maximum atomic E-state index is 12.9. The molecule has 0 fully saturated rings. The monoisotopic (exact) mass is 244 g/mol. The molecule has 0 unspecified atom stereocenters. The van der Waals surface area contributed by atoms with Gasteiger partial charge in [-0.05, 0) is 30.7 Å². The third kappa shape index (κ3) is 2.91. The van der Waals surface area contributed by atoms with Gasteiger partial charge in [0, 0.05) is 12.7 Å². The molecule has 0 aliphatic heterocycles. The molecule has 18 heavy (non-hydrogen) atoms. The first-order chi connectivity index (χ1) is 8.69. The van der Waals surface area contributed by atoms with Gasteiger partial charge in [0.15, 0.2) is 5.78 Å². The van der Waals surface area contributed by atoms with Crippen molar-refractivity contribution in [2.45, 2.75) is 13.5 Å². The second-order valence-corrected chi connectivity index (χ2v) is 3.84. The average Bonchev–Trinajstić information content (AvgIpc) is 2.85. The van der Waals surface area contributed by atoms with Crippen LogP contribution in [-0.4, -0.2) is 15.6 Å². The van der Waals surface area contributed by atoms with Crippen molar-refractivity contribution in [1.82, 2.24) is 9.78 Å². The summed E-state index contributed by atoms with van der Waals surface area (Å²) >= 11 is 0. The van der Waals surface area contributed by atoms with Crippen molar-refractivity contribution < 1.29 is 9.18 Å². The number of halogens is 1. The lowest BCUT2D eigenvalue weighted by Crippen LogP contribution is -1.94. The molecule has 0 aliphatic rings. The maximum Gasteiger partial charge on any atom is 0.189 e. The summed E-state index contributed by atoms with van der Waals surface area (Å²) in [6.07, 6.45) is 6.24. The first kappa shape index (κ1) is 12.2. The van der Waals surface area contributed by atoms with E-state index >= 15 is 0 Å². The van der Waals surface area contributed by atoms with E-state index in [1.807, 2.05) is 6.92 Å². The number of ketones is 1. The molecule has 1 aromatic carbocycles. The molecule has 1 heterocycles. The molecule has 0 atom stereocenters. The number of allylic oxidation sites excluding steroid dienone is 1. The van der Waals surface area contributed by atoms with Gasteiger partial charge in [-0.2, -0.15) is 5.10 Å². The molecule has 0 N–H and O–H groups in total. The molecule has 3 nitrogen and oxygen atoms in total. The number of carbonyl (C=O) groups excluding carboxylic acids is 1. The summed E-state index contributed by atoms with van der Waals surface area (Å²) in [4.78, 5) is 11.8. The summed E-state index contributed by atoms with van der Waals surface area (Å²) < 4.78 is 14.6. The number of nitrogens with zero attached hydrogens (tertiary/aromatic N) is 2. The summed E-state index contributed by atoms with van der Waals surface area (Å²) in [6, 6.07) is 6.08. The van der Waals surface area contributed by atoms with E-state index in [4.69, 9.17) is 0 Å². The van der Waals surface area contributed by atoms with E-state index in [0.29, 0.717) is 11.1 Å². The number of hydrogen-bond acceptors (Lipinski definition) is 2. The van der Waals surface area contributed by atoms with Crippen LogP contribution in [0.4, 0.5) is 4.39 Å². The topological polar surface area (TPSA) is 34.9 Å². The lowest BCUT2D eigenvalue weighted by Gasteiger charge is -1.93. The molecule has 0 radical (unpaired) electrons. The molecule has 0 aliphatic carbocycles. The summed E-state index contributed by atoms with van der Waals surface area (Å²) in [5.41, 5.74) is 1.19. The lowest BCUT2D eigenvalue weighted by molar-refractivity contribution is 0.104. The molecule has 4 heteroatoms. The van der Waals surface area contributed by atoms with Crippen LogP contribution in [-0.2, 0) is 6.54 Å². The number of aryl methyl sites for hydroxylation is 1. The summed E-state index contributed by atoms with van der Waals surface area (Å²) in [5.74, 6) is -0.456. The molecule has 0 saturated carbocycles. The SMILES string of the molecule is CCn1cc(C(=O)/C=C/c2cccc(F)c2)cn1. The second-order valence-electron chi connectivity index (χ2n) is 3.84. The Morgan fingerprint density at radius 2 is 2.33 bits per heavy atom. The zero-order valence-electron chi connectivity index (χ0n) is 10.0. The maximum absolute atomic E-state index is 12.9. The molecule has 2 rings (SSSR count). The van der Waals surface area contributed by atoms with Crippen molar-refractivity contribution >= 4 is 11.9 Å². The highest BCUT2D eigenvalue weighted by atomic mass is 19.1. The molecule has 92 valence electrons. The molecule has 1 aromatic heterocycles. The van der Waals surface area contributed by atoms with E-state index in [1.165, 1.54) is 24.4 Å². The van der Waals surface area contributed by atoms with Gasteiger partial charge in [-0.25, -0.2) is 4.39 Å². The Morgan fingerprint density at radius 1 is 1.50 bits per heavy atom. The van der Waals surface area contributed by atoms with Crippen LogP contribution >= 0.6 is 0 Å². The van der Waals surface area contributed by atoms with Gasteiger partial charge in [-0.3, -0.25) is 9.48 Å². The standard InChI is InChI=1S/C14H13FN2O/c1-2-17-10-12(9-16-17)14(18)7-6-11-4-3-5-13(15)8-11/h3-10H,2H2,1H3/b7-6+. The molecule has 0 bridgehead atoms. The van der Waals surface area contributed by atoms with Gasteiger partial charge >= 0.3 is 0 Å². The van der Waals surface area contributed by atoms with Gasteiger partial charge in [0.25, 0.3) is 0 Å². The summed E-state index contributed by atoms with van der Waals surface area (Å²) in [5, 5.41) is 4.03. The fourth-order valence-corrected chi connectivity index (χ4v) is 1.54. The van der Waals surface area contributed by atoms with Crippen molar-refractivity contribution in [2.24, 2.45) is 0 Å². The van der Waals surface area contributed by atoms with E-state index in [2.05, 4.69) is 5.10 Å². The van der Waals surface area contributed by atoms with Crippen LogP contribution < -0.4 is 0 Å². The largest absolute Gasteiger partial charge is 0.289 e. The Kier molecular flexibility index (Phi) is 3.67. The molecular weight excluding hydrogens is 231 g/mol. The van der Waals surface area contributed by atoms with Crippen LogP contribution in [0.1, 0.15) is 22.8 Å². The van der Waals surface area contributed by atoms with Gasteiger partial charge in [0.2, 0.25) is 0 Å². The number of hydrogen-bond donors (Lipinski definition) is 0. The Labute approximate surface area is 105 Å². The number of rotatable bonds is 4. The second kappa shape index (κ2) is 5.40. The van der Waals surface area contributed by atoms with Crippen molar-refractivity contribution in [2.75, 3.05) is 0 Å². The van der Waals surface area contributed by atoms with Crippen molar-refractivity contribution in [1.29, 1.82) is 0 Å². The van der Waals surface area contributed by atoms with Gasteiger partial charge in [-0.1, -0.05) is 18.2 Å². The fourth-order valence-electron chi connectivity index (χ4n) is 1.54. The van der Waals surface area contributed by atoms with E-state index in [-0.39, 0.29) is 11.6 Å². The molecule has 0 spiro atoms. The van der Waals surface area contributed by atoms with Crippen molar-refractivity contribution in [3.63, 3.8) is 0 Å². The van der Waals surface area contributed by atoms with Gasteiger partial charge in [0.1, 0.15) is 5.82 Å². The Balaban J connectivity index is 2.11. The fraction of sp³-hybridized carbons (Fsp3) is 0.143. The zero-order valence-corrected chi connectivity index (χ0v) is 10.0. The van der Waals surface area contributed by atoms with Crippen molar-refractivity contribution in [3.8, 4) is 0 Å². The lowest BCUT2D eigenvalue weighted by atomic mass is 10.1. The predicted molar refractivity (Wildman–Crippen MR) is 67.7 cm³/mol. The van der Waals surface area contributed by atoms with Crippen LogP contribution in [0.25, 0.3) is 6.08 Å². The Hall–Kier alpha value is -2.23. The van der Waals surface area contributed by atoms with Gasteiger partial charge in [-0.15, -0.1) is 0 Å². The van der Waals surface area contributed by atoms with Crippen molar-refractivity contribution in [3.05, 3.63) is 59.7 Å². The zero-order chi connectivity index (χ0) is 13.0. The minimum atomic E-state index is -0.316. The first-order valence-electron chi connectivity index (χ1n) is 5.69. The van der Waals surface area contributed by atoms with Crippen LogP contribution in [0, 0.1) is 5.82 Å². The predicted octanol–water partition coefficient (Wildman–Crippen LogP) is 2.94. The normalized spacial score (nSPS) is 11.0. The van der Waals surface area contributed by atoms with E-state index in [9.17, 15) is 9.18 Å². The highest BCUT2D eigenvalue weighted by Gasteiger charge is 2.04. The first-order valence-corrected chi connectivity index (χ1v) is 5.69. The summed E-state index contributed by atoms with van der Waals surface area (Å²) in [6.45, 7) is 2.67. The van der Waals surface area contributed by atoms with E-state index < -0.39 is 0 Å². The third-order valence-electron chi connectivity index (χ3n) is 2.52. The van der Waals surface area contributed by atoms with E-state index in [1.54, 1.807) is 29.1 Å². The van der Waals surface area contributed by atoms with Crippen LogP contribution in [0.15, 0.2) is 42.7 Å². The molecule has 2 aromatic rings. The third-order valence-corrected chi connectivity index (χ3v) is 2.52. The quantitative estimate of drug-likeness (QED) is 0.612. The van der Waals surface area contributed by atoms with Crippen LogP contribution in [0.2, 0.25) is 0 Å². The van der Waals surface area contributed by atoms with Crippen LogP contribution in [0.5, 0.6) is 0 Å². The minimum absolute atomic E-state index is 0.140. The minimum Gasteiger partial charge on any atom is -0.289 e. The number of aromatic nitrogens is 2. The van der Waals surface area contributed by atoms with E-state index in [0.717, 1.165) is 6.54 Å². The Morgan fingerprint density at radius 3 is 3.00 bits per heavy atom. The Bertz CT molecular complexity index is 587. The molecule has 0 amide bonds. The smallest absolute Gasteiger partial charge is 0.189 e. The van der Waals surface area contributed by atoms with Gasteiger partial charge < -0.3 is 0 Å².